The molecule has 0 saturated heterocycles. The standard InChI is InChI=1S/C31H24F6O4S/c32-30(33,34)25-16-26(31(35,36)37)18-27(17-25)42(39,40)29(19-22-10-4-1-5-11-22,20-23-12-6-2-7-13-23)28(38)41-21-24-14-8-3-9-15-24/h1-18H,19-21H2. The van der Waals surface area contributed by atoms with Crippen molar-refractivity contribution in [3.8, 4) is 0 Å². The fourth-order valence-corrected chi connectivity index (χ4v) is 6.53. The summed E-state index contributed by atoms with van der Waals surface area (Å²) in [5.41, 5.74) is -2.54. The van der Waals surface area contributed by atoms with Crippen LogP contribution in [0.3, 0.4) is 0 Å². The smallest absolute Gasteiger partial charge is 0.416 e. The van der Waals surface area contributed by atoms with Gasteiger partial charge < -0.3 is 4.74 Å². The number of sulfone groups is 1. The highest BCUT2D eigenvalue weighted by Crippen LogP contribution is 2.41. The van der Waals surface area contributed by atoms with Gasteiger partial charge in [-0.05, 0) is 34.9 Å². The van der Waals surface area contributed by atoms with Gasteiger partial charge in [0, 0.05) is 12.8 Å². The summed E-state index contributed by atoms with van der Waals surface area (Å²) in [6, 6.07) is 23.9. The molecule has 220 valence electrons. The number of halogens is 6. The Morgan fingerprint density at radius 1 is 0.595 bits per heavy atom. The fourth-order valence-electron chi connectivity index (χ4n) is 4.52. The summed E-state index contributed by atoms with van der Waals surface area (Å²) in [6.07, 6.45) is -11.8. The van der Waals surface area contributed by atoms with Crippen molar-refractivity contribution in [3.63, 3.8) is 0 Å². The Morgan fingerprint density at radius 3 is 1.36 bits per heavy atom. The van der Waals surface area contributed by atoms with Gasteiger partial charge in [-0.25, -0.2) is 8.42 Å². The third-order valence-electron chi connectivity index (χ3n) is 6.64. The molecular formula is C31H24F6O4S. The van der Waals surface area contributed by atoms with Crippen molar-refractivity contribution >= 4 is 15.8 Å². The first-order valence-electron chi connectivity index (χ1n) is 12.6. The van der Waals surface area contributed by atoms with Crippen molar-refractivity contribution in [2.24, 2.45) is 0 Å². The Hall–Kier alpha value is -4.12. The molecule has 0 amide bonds. The first-order valence-corrected chi connectivity index (χ1v) is 14.0. The fraction of sp³-hybridized carbons (Fsp3) is 0.194. The molecule has 0 unspecified atom stereocenters. The van der Waals surface area contributed by atoms with Crippen molar-refractivity contribution < 1.29 is 44.3 Å². The predicted octanol–water partition coefficient (Wildman–Crippen LogP) is 7.47. The van der Waals surface area contributed by atoms with Crippen molar-refractivity contribution in [2.45, 2.75) is 41.4 Å². The normalized spacial score (nSPS) is 12.6. The van der Waals surface area contributed by atoms with Gasteiger partial charge in [-0.15, -0.1) is 0 Å². The van der Waals surface area contributed by atoms with Gasteiger partial charge in [0.1, 0.15) is 6.61 Å². The SMILES string of the molecule is O=C(OCc1ccccc1)C(Cc1ccccc1)(Cc1ccccc1)S(=O)(=O)c1cc(C(F)(F)F)cc(C(F)(F)F)c1. The van der Waals surface area contributed by atoms with Crippen LogP contribution in [-0.4, -0.2) is 19.1 Å². The molecule has 0 N–H and O–H groups in total. The Kier molecular flexibility index (Phi) is 8.81. The summed E-state index contributed by atoms with van der Waals surface area (Å²) in [5.74, 6) is -1.31. The molecule has 4 rings (SSSR count). The second kappa shape index (κ2) is 12.0. The third-order valence-corrected chi connectivity index (χ3v) is 8.98. The van der Waals surface area contributed by atoms with E-state index in [1.54, 1.807) is 66.7 Å². The van der Waals surface area contributed by atoms with E-state index in [-0.39, 0.29) is 24.8 Å². The van der Waals surface area contributed by atoms with E-state index < -0.39 is 61.8 Å². The van der Waals surface area contributed by atoms with Crippen LogP contribution >= 0.6 is 0 Å². The minimum Gasteiger partial charge on any atom is -0.460 e. The molecule has 0 heterocycles. The number of rotatable bonds is 9. The van der Waals surface area contributed by atoms with Crippen LogP contribution in [0.1, 0.15) is 27.8 Å². The van der Waals surface area contributed by atoms with Crippen molar-refractivity contribution in [1.29, 1.82) is 0 Å². The molecule has 0 spiro atoms. The van der Waals surface area contributed by atoms with E-state index in [0.717, 1.165) is 0 Å². The molecule has 0 fully saturated rings. The quantitative estimate of drug-likeness (QED) is 0.147. The molecule has 0 atom stereocenters. The highest BCUT2D eigenvalue weighted by Gasteiger charge is 2.54. The van der Waals surface area contributed by atoms with E-state index in [1.807, 2.05) is 0 Å². The number of alkyl halides is 6. The van der Waals surface area contributed by atoms with E-state index in [9.17, 15) is 39.6 Å². The number of hydrogen-bond acceptors (Lipinski definition) is 4. The Balaban J connectivity index is 1.97. The summed E-state index contributed by atoms with van der Waals surface area (Å²) in [5, 5.41) is 0. The van der Waals surface area contributed by atoms with Gasteiger partial charge in [0.2, 0.25) is 0 Å². The summed E-state index contributed by atoms with van der Waals surface area (Å²) in [4.78, 5) is 12.7. The minimum absolute atomic E-state index is 0.125. The molecule has 0 radical (unpaired) electrons. The molecule has 0 aliphatic rings. The Labute approximate surface area is 238 Å². The summed E-state index contributed by atoms with van der Waals surface area (Å²) < 4.78 is 114. The van der Waals surface area contributed by atoms with Crippen LogP contribution in [0.4, 0.5) is 26.3 Å². The molecule has 0 aliphatic heterocycles. The second-order valence-electron chi connectivity index (χ2n) is 9.63. The molecular weight excluding hydrogens is 582 g/mol. The highest BCUT2D eigenvalue weighted by molar-refractivity contribution is 7.93. The molecule has 0 aliphatic carbocycles. The van der Waals surface area contributed by atoms with Crippen LogP contribution in [-0.2, 0) is 51.2 Å². The lowest BCUT2D eigenvalue weighted by atomic mass is 9.91. The van der Waals surface area contributed by atoms with Crippen molar-refractivity contribution in [2.75, 3.05) is 0 Å². The summed E-state index contributed by atoms with van der Waals surface area (Å²) >= 11 is 0. The molecule has 4 aromatic carbocycles. The number of ether oxygens (including phenoxy) is 1. The lowest BCUT2D eigenvalue weighted by Gasteiger charge is -2.32. The lowest BCUT2D eigenvalue weighted by Crippen LogP contribution is -2.51. The van der Waals surface area contributed by atoms with E-state index in [2.05, 4.69) is 0 Å². The highest BCUT2D eigenvalue weighted by atomic mass is 32.2. The topological polar surface area (TPSA) is 60.4 Å². The van der Waals surface area contributed by atoms with E-state index >= 15 is 0 Å². The van der Waals surface area contributed by atoms with E-state index in [1.165, 1.54) is 24.3 Å². The van der Waals surface area contributed by atoms with Gasteiger partial charge in [0.15, 0.2) is 14.6 Å². The maximum atomic E-state index is 14.4. The van der Waals surface area contributed by atoms with E-state index in [4.69, 9.17) is 4.74 Å². The first-order chi connectivity index (χ1) is 19.7. The number of benzene rings is 4. The van der Waals surface area contributed by atoms with Crippen LogP contribution in [0.15, 0.2) is 114 Å². The van der Waals surface area contributed by atoms with Crippen LogP contribution in [0.5, 0.6) is 0 Å². The van der Waals surface area contributed by atoms with Crippen LogP contribution in [0.2, 0.25) is 0 Å². The molecule has 0 bridgehead atoms. The summed E-state index contributed by atoms with van der Waals surface area (Å²) in [6.45, 7) is -0.378. The van der Waals surface area contributed by atoms with Crippen LogP contribution < -0.4 is 0 Å². The maximum absolute atomic E-state index is 14.4. The van der Waals surface area contributed by atoms with Gasteiger partial charge >= 0.3 is 18.3 Å². The number of hydrogen-bond donors (Lipinski definition) is 0. The zero-order valence-corrected chi connectivity index (χ0v) is 22.6. The molecule has 4 aromatic rings. The minimum atomic E-state index is -5.30. The van der Waals surface area contributed by atoms with Gasteiger partial charge in [0.05, 0.1) is 16.0 Å². The van der Waals surface area contributed by atoms with Gasteiger partial charge in [-0.3, -0.25) is 4.79 Å². The third kappa shape index (κ3) is 6.84. The van der Waals surface area contributed by atoms with Gasteiger partial charge in [-0.2, -0.15) is 26.3 Å². The van der Waals surface area contributed by atoms with Crippen LogP contribution in [0.25, 0.3) is 0 Å². The zero-order chi connectivity index (χ0) is 30.6. The average molecular weight is 607 g/mol. The predicted molar refractivity (Wildman–Crippen MR) is 143 cm³/mol. The number of esters is 1. The zero-order valence-electron chi connectivity index (χ0n) is 21.8. The number of carbonyl (C=O) groups excluding carboxylic acids is 1. The molecule has 0 saturated carbocycles. The average Bonchev–Trinajstić information content (AvgIpc) is 2.96. The maximum Gasteiger partial charge on any atom is 0.416 e. The molecule has 4 nitrogen and oxygen atoms in total. The monoisotopic (exact) mass is 606 g/mol. The molecule has 42 heavy (non-hydrogen) atoms. The largest absolute Gasteiger partial charge is 0.460 e. The second-order valence-corrected chi connectivity index (χ2v) is 11.9. The lowest BCUT2D eigenvalue weighted by molar-refractivity contribution is -0.148. The number of carbonyl (C=O) groups is 1. The van der Waals surface area contributed by atoms with E-state index in [0.29, 0.717) is 16.7 Å². The van der Waals surface area contributed by atoms with Crippen molar-refractivity contribution in [3.05, 3.63) is 137 Å². The van der Waals surface area contributed by atoms with Crippen LogP contribution in [0, 0.1) is 0 Å². The first kappa shape index (κ1) is 30.8. The summed E-state index contributed by atoms with van der Waals surface area (Å²) in [7, 11) is -5.30. The van der Waals surface area contributed by atoms with Crippen molar-refractivity contribution in [1.82, 2.24) is 0 Å². The molecule has 11 heteroatoms. The Bertz CT molecular complexity index is 1550. The Morgan fingerprint density at radius 2 is 0.976 bits per heavy atom. The van der Waals surface area contributed by atoms with Gasteiger partial charge in [-0.1, -0.05) is 91.0 Å². The van der Waals surface area contributed by atoms with Gasteiger partial charge in [0.25, 0.3) is 0 Å². The molecule has 0 aromatic heterocycles.